The highest BCUT2D eigenvalue weighted by atomic mass is 16.5. The fourth-order valence-corrected chi connectivity index (χ4v) is 3.15. The van der Waals surface area contributed by atoms with Gasteiger partial charge in [0.05, 0.1) is 13.2 Å². The zero-order valence-electron chi connectivity index (χ0n) is 13.9. The summed E-state index contributed by atoms with van der Waals surface area (Å²) in [4.78, 5) is 13.4. The van der Waals surface area contributed by atoms with Gasteiger partial charge in [0.2, 0.25) is 5.88 Å². The second-order valence-electron chi connectivity index (χ2n) is 6.29. The van der Waals surface area contributed by atoms with Gasteiger partial charge in [0, 0.05) is 45.3 Å². The molecular formula is C16H27N5O2. The quantitative estimate of drug-likeness (QED) is 0.848. The number of likely N-dealkylation sites (tertiary alicyclic amines) is 1. The molecule has 23 heavy (non-hydrogen) atoms. The number of nitrogens with zero attached hydrogens (tertiary/aromatic N) is 4. The van der Waals surface area contributed by atoms with Gasteiger partial charge in [-0.2, -0.15) is 4.98 Å². The number of hydrogen-bond donors (Lipinski definition) is 1. The molecule has 7 heteroatoms. The Kier molecular flexibility index (Phi) is 5.64. The molecule has 2 N–H and O–H groups in total. The van der Waals surface area contributed by atoms with E-state index in [-0.39, 0.29) is 6.10 Å². The Hall–Kier alpha value is -1.44. The molecular weight excluding hydrogens is 294 g/mol. The fourth-order valence-electron chi connectivity index (χ4n) is 3.15. The molecule has 7 nitrogen and oxygen atoms in total. The Labute approximate surface area is 137 Å². The number of nitrogen functional groups attached to an aromatic ring is 1. The summed E-state index contributed by atoms with van der Waals surface area (Å²) in [6, 6.07) is 1.71. The van der Waals surface area contributed by atoms with Crippen LogP contribution in [0, 0.1) is 6.92 Å². The van der Waals surface area contributed by atoms with Crippen molar-refractivity contribution in [2.75, 3.05) is 58.2 Å². The van der Waals surface area contributed by atoms with Gasteiger partial charge in [-0.25, -0.2) is 4.98 Å². The van der Waals surface area contributed by atoms with Crippen LogP contribution in [0.2, 0.25) is 0 Å². The fraction of sp³-hybridized carbons (Fsp3) is 0.750. The van der Waals surface area contributed by atoms with Crippen molar-refractivity contribution in [3.05, 3.63) is 11.9 Å². The Morgan fingerprint density at radius 1 is 1.13 bits per heavy atom. The SMILES string of the molecule is Cc1nc(N)cc(OC2CCN(CCN3CCOCC3)CC2)n1. The van der Waals surface area contributed by atoms with E-state index >= 15 is 0 Å². The Morgan fingerprint density at radius 2 is 1.78 bits per heavy atom. The van der Waals surface area contributed by atoms with Gasteiger partial charge < -0.3 is 20.1 Å². The number of hydrogen-bond acceptors (Lipinski definition) is 7. The summed E-state index contributed by atoms with van der Waals surface area (Å²) in [6.45, 7) is 10.1. The van der Waals surface area contributed by atoms with Crippen molar-refractivity contribution in [3.63, 3.8) is 0 Å². The number of anilines is 1. The van der Waals surface area contributed by atoms with Crippen LogP contribution in [0.4, 0.5) is 5.82 Å². The van der Waals surface area contributed by atoms with E-state index in [0.717, 1.165) is 65.3 Å². The van der Waals surface area contributed by atoms with Gasteiger partial charge >= 0.3 is 0 Å². The molecule has 0 spiro atoms. The second kappa shape index (κ2) is 7.90. The van der Waals surface area contributed by atoms with Gasteiger partial charge in [-0.3, -0.25) is 4.90 Å². The van der Waals surface area contributed by atoms with E-state index in [2.05, 4.69) is 19.8 Å². The predicted octanol–water partition coefficient (Wildman–Crippen LogP) is 0.543. The topological polar surface area (TPSA) is 76.7 Å². The van der Waals surface area contributed by atoms with Crippen molar-refractivity contribution in [1.82, 2.24) is 19.8 Å². The molecule has 128 valence electrons. The first-order chi connectivity index (χ1) is 11.2. The molecule has 0 bridgehead atoms. The lowest BCUT2D eigenvalue weighted by Gasteiger charge is -2.34. The normalized spacial score (nSPS) is 21.4. The first kappa shape index (κ1) is 16.4. The predicted molar refractivity (Wildman–Crippen MR) is 88.5 cm³/mol. The molecule has 3 rings (SSSR count). The van der Waals surface area contributed by atoms with E-state index in [9.17, 15) is 0 Å². The molecule has 3 heterocycles. The van der Waals surface area contributed by atoms with Gasteiger partial charge in [0.15, 0.2) is 0 Å². The van der Waals surface area contributed by atoms with Gasteiger partial charge in [0.25, 0.3) is 0 Å². The third kappa shape index (κ3) is 5.02. The van der Waals surface area contributed by atoms with Gasteiger partial charge in [0.1, 0.15) is 17.7 Å². The molecule has 1 aromatic rings. The lowest BCUT2D eigenvalue weighted by atomic mass is 10.1. The van der Waals surface area contributed by atoms with Crippen LogP contribution in [-0.4, -0.2) is 78.4 Å². The summed E-state index contributed by atoms with van der Waals surface area (Å²) >= 11 is 0. The standard InChI is InChI=1S/C16H27N5O2/c1-13-18-15(17)12-16(19-13)23-14-2-4-20(5-3-14)6-7-21-8-10-22-11-9-21/h12,14H,2-11H2,1H3,(H2,17,18,19). The van der Waals surface area contributed by atoms with Gasteiger partial charge in [-0.05, 0) is 19.8 Å². The average molecular weight is 321 g/mol. The summed E-state index contributed by atoms with van der Waals surface area (Å²) in [6.07, 6.45) is 2.29. The Balaban J connectivity index is 1.39. The van der Waals surface area contributed by atoms with Crippen LogP contribution >= 0.6 is 0 Å². The number of piperidine rings is 1. The number of ether oxygens (including phenoxy) is 2. The zero-order valence-corrected chi connectivity index (χ0v) is 13.9. The van der Waals surface area contributed by atoms with E-state index in [0.29, 0.717) is 17.5 Å². The minimum atomic E-state index is 0.225. The molecule has 0 saturated carbocycles. The molecule has 0 aliphatic carbocycles. The number of nitrogens with two attached hydrogens (primary N) is 1. The summed E-state index contributed by atoms with van der Waals surface area (Å²) < 4.78 is 11.4. The van der Waals surface area contributed by atoms with Crippen LogP contribution in [-0.2, 0) is 4.74 Å². The second-order valence-corrected chi connectivity index (χ2v) is 6.29. The molecule has 1 aromatic heterocycles. The van der Waals surface area contributed by atoms with Crippen molar-refractivity contribution >= 4 is 5.82 Å². The lowest BCUT2D eigenvalue weighted by Crippen LogP contribution is -2.44. The summed E-state index contributed by atoms with van der Waals surface area (Å²) in [5.41, 5.74) is 5.74. The number of morpholine rings is 1. The minimum Gasteiger partial charge on any atom is -0.474 e. The lowest BCUT2D eigenvalue weighted by molar-refractivity contribution is 0.0287. The summed E-state index contributed by atoms with van der Waals surface area (Å²) in [5.74, 6) is 1.72. The molecule has 2 saturated heterocycles. The van der Waals surface area contributed by atoms with Crippen molar-refractivity contribution in [2.45, 2.75) is 25.9 Å². The van der Waals surface area contributed by atoms with E-state index in [1.54, 1.807) is 6.07 Å². The molecule has 2 aliphatic rings. The third-order valence-electron chi connectivity index (χ3n) is 4.49. The van der Waals surface area contributed by atoms with Gasteiger partial charge in [-0.15, -0.1) is 0 Å². The summed E-state index contributed by atoms with van der Waals surface area (Å²) in [5, 5.41) is 0. The van der Waals surface area contributed by atoms with Crippen molar-refractivity contribution < 1.29 is 9.47 Å². The van der Waals surface area contributed by atoms with Crippen LogP contribution in [0.1, 0.15) is 18.7 Å². The largest absolute Gasteiger partial charge is 0.474 e. The van der Waals surface area contributed by atoms with Crippen LogP contribution in [0.5, 0.6) is 5.88 Å². The molecule has 0 amide bonds. The van der Waals surface area contributed by atoms with E-state index in [1.807, 2.05) is 6.92 Å². The van der Waals surface area contributed by atoms with E-state index < -0.39 is 0 Å². The number of rotatable bonds is 5. The average Bonchev–Trinajstić information content (AvgIpc) is 2.54. The van der Waals surface area contributed by atoms with Gasteiger partial charge in [-0.1, -0.05) is 0 Å². The third-order valence-corrected chi connectivity index (χ3v) is 4.49. The molecule has 2 aliphatic heterocycles. The van der Waals surface area contributed by atoms with Crippen molar-refractivity contribution in [3.8, 4) is 5.88 Å². The first-order valence-corrected chi connectivity index (χ1v) is 8.49. The Bertz CT molecular complexity index is 479. The molecule has 0 aromatic carbocycles. The molecule has 0 atom stereocenters. The van der Waals surface area contributed by atoms with E-state index in [1.165, 1.54) is 0 Å². The minimum absolute atomic E-state index is 0.225. The van der Waals surface area contributed by atoms with E-state index in [4.69, 9.17) is 15.2 Å². The van der Waals surface area contributed by atoms with Crippen LogP contribution in [0.15, 0.2) is 6.07 Å². The van der Waals surface area contributed by atoms with Crippen molar-refractivity contribution in [2.24, 2.45) is 0 Å². The maximum absolute atomic E-state index is 5.98. The Morgan fingerprint density at radius 3 is 2.43 bits per heavy atom. The highest BCUT2D eigenvalue weighted by Crippen LogP contribution is 2.18. The zero-order chi connectivity index (χ0) is 16.1. The maximum Gasteiger partial charge on any atom is 0.218 e. The van der Waals surface area contributed by atoms with Crippen LogP contribution in [0.3, 0.4) is 0 Å². The molecule has 2 fully saturated rings. The maximum atomic E-state index is 5.98. The number of aryl methyl sites for hydroxylation is 1. The molecule has 0 radical (unpaired) electrons. The first-order valence-electron chi connectivity index (χ1n) is 8.49. The van der Waals surface area contributed by atoms with Crippen molar-refractivity contribution in [1.29, 1.82) is 0 Å². The van der Waals surface area contributed by atoms with Crippen LogP contribution < -0.4 is 10.5 Å². The van der Waals surface area contributed by atoms with Crippen LogP contribution in [0.25, 0.3) is 0 Å². The monoisotopic (exact) mass is 321 g/mol. The highest BCUT2D eigenvalue weighted by molar-refractivity contribution is 5.32. The smallest absolute Gasteiger partial charge is 0.218 e. The number of aromatic nitrogens is 2. The highest BCUT2D eigenvalue weighted by Gasteiger charge is 2.22. The molecule has 0 unspecified atom stereocenters. The summed E-state index contributed by atoms with van der Waals surface area (Å²) in [7, 11) is 0.